The van der Waals surface area contributed by atoms with Gasteiger partial charge in [0.2, 0.25) is 0 Å². The molecule has 3 heteroatoms. The minimum atomic E-state index is 1.17. The van der Waals surface area contributed by atoms with Gasteiger partial charge in [-0.05, 0) is 42.0 Å². The van der Waals surface area contributed by atoms with Crippen LogP contribution >= 0.6 is 11.3 Å². The topological polar surface area (TPSA) is 3.24 Å². The molecule has 3 aromatic carbocycles. The zero-order valence-electron chi connectivity index (χ0n) is 14.1. The van der Waals surface area contributed by atoms with Crippen molar-refractivity contribution in [2.45, 2.75) is 0 Å². The highest BCUT2D eigenvalue weighted by molar-refractivity contribution is 7.19. The fraction of sp³-hybridized carbons (Fsp3) is 0. The molecule has 0 spiro atoms. The van der Waals surface area contributed by atoms with Crippen molar-refractivity contribution in [1.29, 1.82) is 0 Å². The van der Waals surface area contributed by atoms with Gasteiger partial charge in [0.25, 0.3) is 0 Å². The van der Waals surface area contributed by atoms with E-state index < -0.39 is 0 Å². The maximum absolute atomic E-state index is 2.32. The summed E-state index contributed by atoms with van der Waals surface area (Å²) in [6, 6.07) is 34.2. The maximum atomic E-state index is 2.32. The van der Waals surface area contributed by atoms with Gasteiger partial charge in [-0.3, -0.25) is 0 Å². The van der Waals surface area contributed by atoms with Crippen LogP contribution in [-0.4, -0.2) is 7.85 Å². The second-order valence-corrected chi connectivity index (χ2v) is 7.07. The molecule has 0 aliphatic carbocycles. The molecule has 1 aromatic heterocycles. The summed E-state index contributed by atoms with van der Waals surface area (Å²) in [6.45, 7) is 0. The Morgan fingerprint density at radius 1 is 0.600 bits per heavy atom. The highest BCUT2D eigenvalue weighted by atomic mass is 32.1. The molecule has 0 unspecified atom stereocenters. The molecule has 0 saturated heterocycles. The third-order valence-electron chi connectivity index (χ3n) is 4.18. The highest BCUT2D eigenvalue weighted by Crippen LogP contribution is 2.41. The van der Waals surface area contributed by atoms with E-state index in [1.54, 1.807) is 0 Å². The van der Waals surface area contributed by atoms with Crippen LogP contribution in [0.2, 0.25) is 0 Å². The normalized spacial score (nSPS) is 10.6. The van der Waals surface area contributed by atoms with Crippen molar-refractivity contribution in [3.05, 3.63) is 97.1 Å². The monoisotopic (exact) mass is 339 g/mol. The fourth-order valence-electron chi connectivity index (χ4n) is 2.88. The van der Waals surface area contributed by atoms with Crippen LogP contribution in [0.3, 0.4) is 0 Å². The molecule has 1 nitrogen and oxygen atoms in total. The average molecular weight is 339 g/mol. The summed E-state index contributed by atoms with van der Waals surface area (Å²) < 4.78 is 0. The molecule has 0 aliphatic rings. The molecular weight excluding hydrogens is 321 g/mol. The molecule has 120 valence electrons. The number of hydrogen-bond acceptors (Lipinski definition) is 2. The molecule has 0 amide bonds. The largest absolute Gasteiger partial charge is 0.302 e. The van der Waals surface area contributed by atoms with Gasteiger partial charge in [-0.25, -0.2) is 0 Å². The van der Waals surface area contributed by atoms with Crippen molar-refractivity contribution in [2.24, 2.45) is 0 Å². The zero-order valence-corrected chi connectivity index (χ0v) is 14.9. The fourth-order valence-corrected chi connectivity index (χ4v) is 3.93. The number of rotatable bonds is 4. The zero-order chi connectivity index (χ0) is 17.1. The molecule has 1 heterocycles. The van der Waals surface area contributed by atoms with E-state index in [0.29, 0.717) is 0 Å². The van der Waals surface area contributed by atoms with E-state index >= 15 is 0 Å². The Morgan fingerprint density at radius 3 is 1.88 bits per heavy atom. The quantitative estimate of drug-likeness (QED) is 0.465. The van der Waals surface area contributed by atoms with Crippen LogP contribution in [-0.2, 0) is 0 Å². The molecule has 0 fully saturated rings. The second-order valence-electron chi connectivity index (χ2n) is 6.01. The van der Waals surface area contributed by atoms with Crippen LogP contribution in [0.4, 0.5) is 16.4 Å². The van der Waals surface area contributed by atoms with Crippen LogP contribution in [0, 0.1) is 0 Å². The van der Waals surface area contributed by atoms with Crippen LogP contribution < -0.4 is 10.4 Å². The minimum Gasteiger partial charge on any atom is -0.302 e. The van der Waals surface area contributed by atoms with E-state index in [-0.39, 0.29) is 0 Å². The van der Waals surface area contributed by atoms with Gasteiger partial charge in [-0.2, -0.15) is 0 Å². The van der Waals surface area contributed by atoms with Crippen molar-refractivity contribution in [2.75, 3.05) is 4.90 Å². The van der Waals surface area contributed by atoms with Crippen LogP contribution in [0.25, 0.3) is 10.4 Å². The van der Waals surface area contributed by atoms with Crippen LogP contribution in [0.5, 0.6) is 0 Å². The first-order chi connectivity index (χ1) is 12.3. The molecule has 0 aliphatic heterocycles. The lowest BCUT2D eigenvalue weighted by Gasteiger charge is -2.23. The predicted molar refractivity (Wildman–Crippen MR) is 113 cm³/mol. The van der Waals surface area contributed by atoms with Crippen LogP contribution in [0.1, 0.15) is 0 Å². The standard InChI is InChI=1S/C22H18BNS/c23-18-11-13-20(14-12-18)24(19-9-5-2-6-10-19)22-16-15-21(25-22)17-7-3-1-4-8-17/h1-16H,23H2. The first-order valence-corrected chi connectivity index (χ1v) is 9.20. The number of nitrogens with zero attached hydrogens (tertiary/aromatic N) is 1. The van der Waals surface area contributed by atoms with E-state index in [0.717, 1.165) is 0 Å². The van der Waals surface area contributed by atoms with E-state index in [2.05, 4.69) is 110 Å². The van der Waals surface area contributed by atoms with Crippen molar-refractivity contribution in [3.8, 4) is 10.4 Å². The minimum absolute atomic E-state index is 1.17. The summed E-state index contributed by atoms with van der Waals surface area (Å²) in [4.78, 5) is 3.60. The van der Waals surface area contributed by atoms with Crippen molar-refractivity contribution in [3.63, 3.8) is 0 Å². The Morgan fingerprint density at radius 2 is 1.20 bits per heavy atom. The van der Waals surface area contributed by atoms with E-state index in [1.807, 2.05) is 11.3 Å². The Balaban J connectivity index is 1.79. The van der Waals surface area contributed by atoms with E-state index in [1.165, 1.54) is 32.3 Å². The molecule has 4 aromatic rings. The lowest BCUT2D eigenvalue weighted by molar-refractivity contribution is 1.32. The first-order valence-electron chi connectivity index (χ1n) is 8.38. The van der Waals surface area contributed by atoms with Crippen LogP contribution in [0.15, 0.2) is 97.1 Å². The summed E-state index contributed by atoms with van der Waals surface area (Å²) in [5.74, 6) is 0. The molecule has 0 N–H and O–H groups in total. The number of anilines is 3. The van der Waals surface area contributed by atoms with Gasteiger partial charge < -0.3 is 4.90 Å². The molecule has 25 heavy (non-hydrogen) atoms. The number of benzene rings is 3. The van der Waals surface area contributed by atoms with Gasteiger partial charge in [0, 0.05) is 16.3 Å². The maximum Gasteiger partial charge on any atom is 0.139 e. The summed E-state index contributed by atoms with van der Waals surface area (Å²) in [5.41, 5.74) is 4.88. The third-order valence-corrected chi connectivity index (χ3v) is 5.30. The van der Waals surface area contributed by atoms with E-state index in [9.17, 15) is 0 Å². The van der Waals surface area contributed by atoms with Crippen molar-refractivity contribution in [1.82, 2.24) is 0 Å². The molecule has 0 radical (unpaired) electrons. The average Bonchev–Trinajstić information content (AvgIpc) is 3.15. The van der Waals surface area contributed by atoms with Crippen molar-refractivity contribution >= 4 is 41.0 Å². The number of para-hydroxylation sites is 1. The third kappa shape index (κ3) is 3.37. The van der Waals surface area contributed by atoms with Crippen molar-refractivity contribution < 1.29 is 0 Å². The lowest BCUT2D eigenvalue weighted by atomic mass is 9.96. The van der Waals surface area contributed by atoms with Gasteiger partial charge in [0.05, 0.1) is 0 Å². The summed E-state index contributed by atoms with van der Waals surface area (Å²) >= 11 is 1.81. The van der Waals surface area contributed by atoms with Gasteiger partial charge >= 0.3 is 0 Å². The lowest BCUT2D eigenvalue weighted by Crippen LogP contribution is -2.10. The first kappa shape index (κ1) is 15.7. The number of thiophene rings is 1. The molecule has 0 saturated carbocycles. The van der Waals surface area contributed by atoms with Gasteiger partial charge in [0.15, 0.2) is 0 Å². The molecule has 0 atom stereocenters. The Bertz CT molecular complexity index is 946. The SMILES string of the molecule is Bc1ccc(N(c2ccccc2)c2ccc(-c3ccccc3)s2)cc1. The predicted octanol–water partition coefficient (Wildman–Crippen LogP) is 5.14. The molecular formula is C22H18BNS. The van der Waals surface area contributed by atoms with Gasteiger partial charge in [-0.15, -0.1) is 11.3 Å². The highest BCUT2D eigenvalue weighted by Gasteiger charge is 2.14. The van der Waals surface area contributed by atoms with E-state index in [4.69, 9.17) is 0 Å². The smallest absolute Gasteiger partial charge is 0.139 e. The molecule has 0 bridgehead atoms. The van der Waals surface area contributed by atoms with Gasteiger partial charge in [0.1, 0.15) is 12.8 Å². The number of hydrogen-bond donors (Lipinski definition) is 0. The second kappa shape index (κ2) is 7.00. The Kier molecular flexibility index (Phi) is 4.40. The summed E-state index contributed by atoms with van der Waals surface area (Å²) in [7, 11) is 2.12. The Hall–Kier alpha value is -2.78. The molecule has 4 rings (SSSR count). The summed E-state index contributed by atoms with van der Waals surface area (Å²) in [6.07, 6.45) is 0. The van der Waals surface area contributed by atoms with Gasteiger partial charge in [-0.1, -0.05) is 66.1 Å². The summed E-state index contributed by atoms with van der Waals surface area (Å²) in [5, 5.41) is 1.22. The Labute approximate surface area is 153 Å².